The highest BCUT2D eigenvalue weighted by atomic mass is 16.2. The minimum Gasteiger partial charge on any atom is -0.345 e. The summed E-state index contributed by atoms with van der Waals surface area (Å²) >= 11 is 0. The number of rotatable bonds is 8. The normalized spacial score (nSPS) is 12.8. The predicted octanol–water partition coefficient (Wildman–Crippen LogP) is 3.70. The van der Waals surface area contributed by atoms with E-state index in [9.17, 15) is 4.79 Å². The van der Waals surface area contributed by atoms with Gasteiger partial charge < -0.3 is 10.6 Å². The minimum absolute atomic E-state index is 0.0523. The molecule has 1 amide bonds. The fourth-order valence-electron chi connectivity index (χ4n) is 3.06. The number of aryl methyl sites for hydroxylation is 1. The fraction of sp³-hybridized carbons (Fsp3) is 0.429. The standard InChI is InChI=1S/C21H29N3O/c1-6-12-22-14-16(7-2)20(25)24-21(4,5)19-18-11-9-8-10-17(18)13-15(3)23-19/h6,8-11,13,16,22H,1,7,12,14H2,2-5H3,(H,24,25). The van der Waals surface area contributed by atoms with Gasteiger partial charge in [-0.1, -0.05) is 37.3 Å². The molecule has 0 radical (unpaired) electrons. The zero-order valence-electron chi connectivity index (χ0n) is 15.7. The molecule has 0 aliphatic rings. The number of nitrogens with one attached hydrogen (secondary N) is 2. The molecule has 4 nitrogen and oxygen atoms in total. The lowest BCUT2D eigenvalue weighted by Crippen LogP contribution is -2.46. The summed E-state index contributed by atoms with van der Waals surface area (Å²) in [7, 11) is 0. The Bertz CT molecular complexity index is 752. The van der Waals surface area contributed by atoms with Gasteiger partial charge in [-0.2, -0.15) is 0 Å². The molecule has 1 unspecified atom stereocenters. The van der Waals surface area contributed by atoms with E-state index in [1.54, 1.807) is 6.08 Å². The van der Waals surface area contributed by atoms with Gasteiger partial charge in [-0.3, -0.25) is 9.78 Å². The van der Waals surface area contributed by atoms with E-state index in [4.69, 9.17) is 4.98 Å². The number of aromatic nitrogens is 1. The average molecular weight is 339 g/mol. The van der Waals surface area contributed by atoms with Crippen LogP contribution < -0.4 is 10.6 Å². The zero-order chi connectivity index (χ0) is 18.4. The second kappa shape index (κ2) is 8.26. The van der Waals surface area contributed by atoms with E-state index in [1.807, 2.05) is 39.8 Å². The van der Waals surface area contributed by atoms with E-state index >= 15 is 0 Å². The number of fused-ring (bicyclic) bond motifs is 1. The molecule has 2 N–H and O–H groups in total. The largest absolute Gasteiger partial charge is 0.345 e. The van der Waals surface area contributed by atoms with Crippen LogP contribution in [-0.4, -0.2) is 24.0 Å². The lowest BCUT2D eigenvalue weighted by Gasteiger charge is -2.29. The summed E-state index contributed by atoms with van der Waals surface area (Å²) in [5, 5.41) is 8.66. The van der Waals surface area contributed by atoms with Crippen molar-refractivity contribution in [1.82, 2.24) is 15.6 Å². The van der Waals surface area contributed by atoms with Crippen molar-refractivity contribution in [3.63, 3.8) is 0 Å². The van der Waals surface area contributed by atoms with Crippen LogP contribution in [0.3, 0.4) is 0 Å². The van der Waals surface area contributed by atoms with E-state index in [-0.39, 0.29) is 11.8 Å². The third kappa shape index (κ3) is 4.67. The van der Waals surface area contributed by atoms with Gasteiger partial charge in [0.1, 0.15) is 0 Å². The predicted molar refractivity (Wildman–Crippen MR) is 104 cm³/mol. The summed E-state index contributed by atoms with van der Waals surface area (Å²) in [6.45, 7) is 13.1. The first-order chi connectivity index (χ1) is 11.9. The van der Waals surface area contributed by atoms with Crippen LogP contribution >= 0.6 is 0 Å². The van der Waals surface area contributed by atoms with Crippen LogP contribution in [0.25, 0.3) is 10.8 Å². The van der Waals surface area contributed by atoms with Gasteiger partial charge in [-0.25, -0.2) is 0 Å². The quantitative estimate of drug-likeness (QED) is 0.569. The van der Waals surface area contributed by atoms with Crippen LogP contribution in [0.5, 0.6) is 0 Å². The van der Waals surface area contributed by atoms with E-state index in [0.29, 0.717) is 13.1 Å². The Morgan fingerprint density at radius 2 is 2.08 bits per heavy atom. The van der Waals surface area contributed by atoms with Crippen LogP contribution in [0.1, 0.15) is 38.6 Å². The maximum Gasteiger partial charge on any atom is 0.225 e. The molecule has 0 spiro atoms. The molecule has 0 aliphatic heterocycles. The maximum absolute atomic E-state index is 12.8. The molecule has 134 valence electrons. The summed E-state index contributed by atoms with van der Waals surface area (Å²) in [5.74, 6) is -0.0215. The number of carbonyl (C=O) groups excluding carboxylic acids is 1. The molecular weight excluding hydrogens is 310 g/mol. The Morgan fingerprint density at radius 3 is 2.76 bits per heavy atom. The molecule has 25 heavy (non-hydrogen) atoms. The van der Waals surface area contributed by atoms with Crippen molar-refractivity contribution in [3.8, 4) is 0 Å². The number of hydrogen-bond donors (Lipinski definition) is 2. The number of pyridine rings is 1. The first-order valence-corrected chi connectivity index (χ1v) is 8.89. The first-order valence-electron chi connectivity index (χ1n) is 8.89. The molecule has 0 bridgehead atoms. The number of carbonyl (C=O) groups is 1. The second-order valence-electron chi connectivity index (χ2n) is 7.00. The van der Waals surface area contributed by atoms with Crippen molar-refractivity contribution in [2.45, 2.75) is 39.7 Å². The average Bonchev–Trinajstić information content (AvgIpc) is 2.57. The maximum atomic E-state index is 12.8. The molecule has 4 heteroatoms. The second-order valence-corrected chi connectivity index (χ2v) is 7.00. The summed E-state index contributed by atoms with van der Waals surface area (Å²) in [6.07, 6.45) is 2.59. The number of hydrogen-bond acceptors (Lipinski definition) is 3. The van der Waals surface area contributed by atoms with Crippen molar-refractivity contribution in [2.24, 2.45) is 5.92 Å². The minimum atomic E-state index is -0.547. The van der Waals surface area contributed by atoms with E-state index in [2.05, 4.69) is 35.4 Å². The molecule has 1 atom stereocenters. The number of amides is 1. The Kier molecular flexibility index (Phi) is 6.32. The van der Waals surface area contributed by atoms with Gasteiger partial charge >= 0.3 is 0 Å². The molecule has 2 rings (SSSR count). The van der Waals surface area contributed by atoms with Crippen molar-refractivity contribution in [3.05, 3.63) is 54.4 Å². The zero-order valence-corrected chi connectivity index (χ0v) is 15.7. The molecule has 2 aromatic rings. The Morgan fingerprint density at radius 1 is 1.36 bits per heavy atom. The molecule has 0 saturated carbocycles. The molecule has 1 heterocycles. The molecule has 1 aromatic carbocycles. The molecule has 0 aliphatic carbocycles. The lowest BCUT2D eigenvalue weighted by atomic mass is 9.93. The Balaban J connectivity index is 2.26. The van der Waals surface area contributed by atoms with Gasteiger partial charge in [0.25, 0.3) is 0 Å². The summed E-state index contributed by atoms with van der Waals surface area (Å²) < 4.78 is 0. The van der Waals surface area contributed by atoms with Crippen molar-refractivity contribution < 1.29 is 4.79 Å². The van der Waals surface area contributed by atoms with Crippen LogP contribution in [0.4, 0.5) is 0 Å². The summed E-state index contributed by atoms with van der Waals surface area (Å²) in [6, 6.07) is 10.3. The van der Waals surface area contributed by atoms with Crippen molar-refractivity contribution >= 4 is 16.7 Å². The monoisotopic (exact) mass is 339 g/mol. The van der Waals surface area contributed by atoms with E-state index in [1.165, 1.54) is 0 Å². The topological polar surface area (TPSA) is 54.0 Å². The molecule has 1 aromatic heterocycles. The molecule has 0 saturated heterocycles. The van der Waals surface area contributed by atoms with Crippen LogP contribution in [0.15, 0.2) is 43.0 Å². The van der Waals surface area contributed by atoms with Gasteiger partial charge in [-0.05, 0) is 38.6 Å². The van der Waals surface area contributed by atoms with E-state index in [0.717, 1.165) is 28.6 Å². The van der Waals surface area contributed by atoms with Crippen LogP contribution in [-0.2, 0) is 10.3 Å². The van der Waals surface area contributed by atoms with Crippen LogP contribution in [0, 0.1) is 12.8 Å². The van der Waals surface area contributed by atoms with Gasteiger partial charge in [0.15, 0.2) is 0 Å². The fourth-order valence-corrected chi connectivity index (χ4v) is 3.06. The highest BCUT2D eigenvalue weighted by molar-refractivity contribution is 5.87. The smallest absolute Gasteiger partial charge is 0.225 e. The Hall–Kier alpha value is -2.20. The first kappa shape index (κ1) is 19.1. The van der Waals surface area contributed by atoms with Crippen LogP contribution in [0.2, 0.25) is 0 Å². The van der Waals surface area contributed by atoms with Gasteiger partial charge in [0, 0.05) is 24.2 Å². The highest BCUT2D eigenvalue weighted by Gasteiger charge is 2.29. The summed E-state index contributed by atoms with van der Waals surface area (Å²) in [4.78, 5) is 17.5. The van der Waals surface area contributed by atoms with Gasteiger partial charge in [0.05, 0.1) is 17.2 Å². The van der Waals surface area contributed by atoms with E-state index < -0.39 is 5.54 Å². The molecule has 0 fully saturated rings. The third-order valence-corrected chi connectivity index (χ3v) is 4.44. The third-order valence-electron chi connectivity index (χ3n) is 4.44. The highest BCUT2D eigenvalue weighted by Crippen LogP contribution is 2.28. The SMILES string of the molecule is C=CCNCC(CC)C(=O)NC(C)(C)c1nc(C)cc2ccccc12. The number of benzene rings is 1. The van der Waals surface area contributed by atoms with Crippen molar-refractivity contribution in [2.75, 3.05) is 13.1 Å². The van der Waals surface area contributed by atoms with Gasteiger partial charge in [0.2, 0.25) is 5.91 Å². The lowest BCUT2D eigenvalue weighted by molar-refractivity contribution is -0.126. The van der Waals surface area contributed by atoms with Crippen molar-refractivity contribution in [1.29, 1.82) is 0 Å². The number of nitrogens with zero attached hydrogens (tertiary/aromatic N) is 1. The Labute approximate surface area is 150 Å². The molecular formula is C21H29N3O. The van der Waals surface area contributed by atoms with Gasteiger partial charge in [-0.15, -0.1) is 6.58 Å². The summed E-state index contributed by atoms with van der Waals surface area (Å²) in [5.41, 5.74) is 1.32.